The van der Waals surface area contributed by atoms with Crippen LogP contribution in [0, 0.1) is 0 Å². The zero-order valence-corrected chi connectivity index (χ0v) is 11.5. The Morgan fingerprint density at radius 3 is 2.68 bits per heavy atom. The second-order valence-electron chi connectivity index (χ2n) is 5.37. The van der Waals surface area contributed by atoms with Crippen molar-refractivity contribution in [1.29, 1.82) is 0 Å². The fraction of sp³-hybridized carbons (Fsp3) is 0.533. The second kappa shape index (κ2) is 5.11. The number of piperidine rings is 1. The van der Waals surface area contributed by atoms with Gasteiger partial charge in [-0.3, -0.25) is 5.01 Å². The first kappa shape index (κ1) is 12.3. The predicted octanol–water partition coefficient (Wildman–Crippen LogP) is 3.01. The van der Waals surface area contributed by atoms with E-state index < -0.39 is 0 Å². The quantitative estimate of drug-likeness (QED) is 0.767. The number of fused-ring (bicyclic) bond motifs is 1. The van der Waals surface area contributed by atoms with E-state index in [-0.39, 0.29) is 0 Å². The molecule has 2 atom stereocenters. The highest BCUT2D eigenvalue weighted by Gasteiger charge is 2.22. The monoisotopic (exact) mass is 260 g/mol. The molecular formula is C15H20N2O2. The Balaban J connectivity index is 1.75. The van der Waals surface area contributed by atoms with Gasteiger partial charge in [-0.15, -0.1) is 0 Å². The minimum Gasteiger partial charge on any atom is -0.454 e. The number of hydrogen-bond donors (Lipinski definition) is 0. The topological polar surface area (TPSA) is 34.1 Å². The molecule has 4 nitrogen and oxygen atoms in total. The lowest BCUT2D eigenvalue weighted by atomic mass is 10.00. The normalized spacial score (nSPS) is 26.1. The molecular weight excluding hydrogens is 240 g/mol. The van der Waals surface area contributed by atoms with E-state index in [1.807, 2.05) is 24.4 Å². The highest BCUT2D eigenvalue weighted by atomic mass is 16.7. The number of benzene rings is 1. The molecule has 1 fully saturated rings. The molecule has 1 aromatic rings. The highest BCUT2D eigenvalue weighted by Crippen LogP contribution is 2.32. The van der Waals surface area contributed by atoms with Crippen LogP contribution in [0.3, 0.4) is 0 Å². The summed E-state index contributed by atoms with van der Waals surface area (Å²) < 4.78 is 10.7. The van der Waals surface area contributed by atoms with E-state index in [4.69, 9.17) is 9.47 Å². The highest BCUT2D eigenvalue weighted by molar-refractivity contribution is 5.80. The molecule has 2 aliphatic heterocycles. The predicted molar refractivity (Wildman–Crippen MR) is 74.8 cm³/mol. The van der Waals surface area contributed by atoms with Gasteiger partial charge in [-0.05, 0) is 56.9 Å². The third kappa shape index (κ3) is 2.53. The van der Waals surface area contributed by atoms with Crippen molar-refractivity contribution in [2.75, 3.05) is 6.79 Å². The van der Waals surface area contributed by atoms with E-state index in [9.17, 15) is 0 Å². The third-order valence-corrected chi connectivity index (χ3v) is 3.88. The molecule has 0 spiro atoms. The summed E-state index contributed by atoms with van der Waals surface area (Å²) >= 11 is 0. The van der Waals surface area contributed by atoms with Crippen molar-refractivity contribution in [3.8, 4) is 11.5 Å². The molecule has 0 saturated carbocycles. The van der Waals surface area contributed by atoms with Gasteiger partial charge in [-0.2, -0.15) is 5.10 Å². The van der Waals surface area contributed by atoms with E-state index >= 15 is 0 Å². The average Bonchev–Trinajstić information content (AvgIpc) is 2.85. The molecule has 1 saturated heterocycles. The van der Waals surface area contributed by atoms with Crippen molar-refractivity contribution < 1.29 is 9.47 Å². The van der Waals surface area contributed by atoms with Gasteiger partial charge in [0.1, 0.15) is 0 Å². The summed E-state index contributed by atoms with van der Waals surface area (Å²) in [6.45, 7) is 4.80. The summed E-state index contributed by atoms with van der Waals surface area (Å²) in [7, 11) is 0. The molecule has 0 radical (unpaired) electrons. The van der Waals surface area contributed by atoms with Gasteiger partial charge in [0, 0.05) is 12.1 Å². The van der Waals surface area contributed by atoms with Crippen LogP contribution < -0.4 is 9.47 Å². The van der Waals surface area contributed by atoms with Crippen molar-refractivity contribution in [2.45, 2.75) is 45.2 Å². The molecule has 102 valence electrons. The van der Waals surface area contributed by atoms with Crippen molar-refractivity contribution >= 4 is 6.21 Å². The Kier molecular flexibility index (Phi) is 3.32. The molecule has 19 heavy (non-hydrogen) atoms. The van der Waals surface area contributed by atoms with Crippen molar-refractivity contribution in [2.24, 2.45) is 5.10 Å². The zero-order valence-electron chi connectivity index (χ0n) is 11.5. The van der Waals surface area contributed by atoms with Gasteiger partial charge in [0.15, 0.2) is 11.5 Å². The molecule has 0 bridgehead atoms. The molecule has 2 aliphatic rings. The molecule has 1 aromatic carbocycles. The van der Waals surface area contributed by atoms with E-state index in [0.717, 1.165) is 17.1 Å². The van der Waals surface area contributed by atoms with Crippen molar-refractivity contribution in [3.63, 3.8) is 0 Å². The van der Waals surface area contributed by atoms with Crippen LogP contribution in [0.25, 0.3) is 0 Å². The van der Waals surface area contributed by atoms with Gasteiger partial charge >= 0.3 is 0 Å². The van der Waals surface area contributed by atoms with E-state index in [1.165, 1.54) is 19.3 Å². The maximum Gasteiger partial charge on any atom is 0.231 e. The van der Waals surface area contributed by atoms with Gasteiger partial charge < -0.3 is 9.47 Å². The minimum atomic E-state index is 0.316. The Morgan fingerprint density at radius 2 is 1.89 bits per heavy atom. The number of hydrogen-bond acceptors (Lipinski definition) is 4. The first-order chi connectivity index (χ1) is 9.24. The molecule has 0 amide bonds. The fourth-order valence-electron chi connectivity index (χ4n) is 2.76. The summed E-state index contributed by atoms with van der Waals surface area (Å²) in [4.78, 5) is 0. The summed E-state index contributed by atoms with van der Waals surface area (Å²) in [6.07, 6.45) is 5.67. The van der Waals surface area contributed by atoms with Crippen LogP contribution in [-0.2, 0) is 0 Å². The molecule has 2 unspecified atom stereocenters. The summed E-state index contributed by atoms with van der Waals surface area (Å²) in [5, 5.41) is 6.87. The Morgan fingerprint density at radius 1 is 1.16 bits per heavy atom. The molecule has 4 heteroatoms. The van der Waals surface area contributed by atoms with Crippen LogP contribution in [0.2, 0.25) is 0 Å². The lowest BCUT2D eigenvalue weighted by Crippen LogP contribution is -2.39. The summed E-state index contributed by atoms with van der Waals surface area (Å²) in [5.74, 6) is 1.63. The standard InChI is InChI=1S/C15H20N2O2/c1-11-4-3-5-12(2)17(11)16-9-13-6-7-14-15(8-13)19-10-18-14/h6-9,11-12H,3-5,10H2,1-2H3. The maximum absolute atomic E-state index is 5.38. The van der Waals surface area contributed by atoms with Crippen LogP contribution >= 0.6 is 0 Å². The molecule has 2 heterocycles. The van der Waals surface area contributed by atoms with E-state index in [2.05, 4.69) is 24.0 Å². The van der Waals surface area contributed by atoms with Gasteiger partial charge in [0.25, 0.3) is 0 Å². The van der Waals surface area contributed by atoms with Gasteiger partial charge in [-0.25, -0.2) is 0 Å². The average molecular weight is 260 g/mol. The number of nitrogens with zero attached hydrogens (tertiary/aromatic N) is 2. The lowest BCUT2D eigenvalue weighted by Gasteiger charge is -2.36. The van der Waals surface area contributed by atoms with Crippen LogP contribution in [0.4, 0.5) is 0 Å². The SMILES string of the molecule is CC1CCCC(C)N1N=Cc1ccc2c(c1)OCO2. The number of ether oxygens (including phenoxy) is 2. The zero-order chi connectivity index (χ0) is 13.2. The van der Waals surface area contributed by atoms with Crippen molar-refractivity contribution in [3.05, 3.63) is 23.8 Å². The first-order valence-corrected chi connectivity index (χ1v) is 6.96. The fourth-order valence-corrected chi connectivity index (χ4v) is 2.76. The van der Waals surface area contributed by atoms with Crippen LogP contribution in [0.15, 0.2) is 23.3 Å². The number of hydrazone groups is 1. The lowest BCUT2D eigenvalue weighted by molar-refractivity contribution is 0.109. The van der Waals surface area contributed by atoms with Gasteiger partial charge in [0.2, 0.25) is 6.79 Å². The Hall–Kier alpha value is -1.71. The summed E-state index contributed by atoms with van der Waals surface area (Å²) in [6, 6.07) is 6.97. The second-order valence-corrected chi connectivity index (χ2v) is 5.37. The first-order valence-electron chi connectivity index (χ1n) is 6.96. The number of rotatable bonds is 2. The Bertz CT molecular complexity index is 477. The minimum absolute atomic E-state index is 0.316. The third-order valence-electron chi connectivity index (χ3n) is 3.88. The van der Waals surface area contributed by atoms with Gasteiger partial charge in [0.05, 0.1) is 6.21 Å². The smallest absolute Gasteiger partial charge is 0.231 e. The van der Waals surface area contributed by atoms with Crippen molar-refractivity contribution in [1.82, 2.24) is 5.01 Å². The molecule has 0 N–H and O–H groups in total. The van der Waals surface area contributed by atoms with E-state index in [0.29, 0.717) is 18.9 Å². The van der Waals surface area contributed by atoms with E-state index in [1.54, 1.807) is 0 Å². The van der Waals surface area contributed by atoms with Crippen LogP contribution in [0.1, 0.15) is 38.7 Å². The largest absolute Gasteiger partial charge is 0.454 e. The van der Waals surface area contributed by atoms with Gasteiger partial charge in [-0.1, -0.05) is 0 Å². The summed E-state index contributed by atoms with van der Waals surface area (Å²) in [5.41, 5.74) is 1.05. The molecule has 3 rings (SSSR count). The molecule has 0 aliphatic carbocycles. The van der Waals surface area contributed by atoms with Crippen LogP contribution in [0.5, 0.6) is 11.5 Å². The Labute approximate surface area is 114 Å². The van der Waals surface area contributed by atoms with Crippen LogP contribution in [-0.4, -0.2) is 30.1 Å². The molecule has 0 aromatic heterocycles. The maximum atomic E-state index is 5.38.